The van der Waals surface area contributed by atoms with E-state index in [2.05, 4.69) is 28.9 Å². The molecule has 184 valence electrons. The van der Waals surface area contributed by atoms with E-state index in [0.29, 0.717) is 32.1 Å². The molecule has 0 spiro atoms. The summed E-state index contributed by atoms with van der Waals surface area (Å²) < 4.78 is 0. The van der Waals surface area contributed by atoms with Crippen molar-refractivity contribution in [2.45, 2.75) is 64.0 Å². The molecule has 1 aromatic heterocycles. The summed E-state index contributed by atoms with van der Waals surface area (Å²) in [6, 6.07) is 11.8. The Balaban J connectivity index is 1.59. The van der Waals surface area contributed by atoms with Crippen LogP contribution in [0, 0.1) is 5.41 Å². The Hall–Kier alpha value is -3.03. The van der Waals surface area contributed by atoms with E-state index < -0.39 is 22.5 Å². The highest BCUT2D eigenvalue weighted by atomic mass is 16.3. The Morgan fingerprint density at radius 3 is 2.66 bits per heavy atom. The van der Waals surface area contributed by atoms with Crippen LogP contribution in [0.15, 0.2) is 52.3 Å². The SMILES string of the molecule is CC(=O)CC1=C(C)CC2N(CCc3ccccc3)CCC13Cc1[nH]c(=O)c(C(N)=O)cc1CC23O. The average molecular weight is 476 g/mol. The lowest BCUT2D eigenvalue weighted by Gasteiger charge is -2.64. The number of amides is 1. The van der Waals surface area contributed by atoms with E-state index in [-0.39, 0.29) is 17.4 Å². The van der Waals surface area contributed by atoms with Crippen molar-refractivity contribution in [1.82, 2.24) is 9.88 Å². The van der Waals surface area contributed by atoms with Crippen LogP contribution in [0.4, 0.5) is 0 Å². The van der Waals surface area contributed by atoms with Gasteiger partial charge < -0.3 is 15.8 Å². The van der Waals surface area contributed by atoms with Crippen LogP contribution in [0.2, 0.25) is 0 Å². The maximum atomic E-state index is 12.6. The first-order valence-corrected chi connectivity index (χ1v) is 12.4. The lowest BCUT2D eigenvalue weighted by molar-refractivity contribution is -0.172. The van der Waals surface area contributed by atoms with Crippen LogP contribution >= 0.6 is 0 Å². The highest BCUT2D eigenvalue weighted by Crippen LogP contribution is 2.60. The molecule has 4 N–H and O–H groups in total. The maximum Gasteiger partial charge on any atom is 0.261 e. The molecular formula is C28H33N3O4. The molecule has 1 aromatic carbocycles. The van der Waals surface area contributed by atoms with E-state index in [1.165, 1.54) is 11.1 Å². The van der Waals surface area contributed by atoms with Crippen molar-refractivity contribution in [2.24, 2.45) is 11.1 Å². The number of nitrogens with two attached hydrogens (primary N) is 1. The summed E-state index contributed by atoms with van der Waals surface area (Å²) in [5, 5.41) is 12.6. The van der Waals surface area contributed by atoms with Gasteiger partial charge in [0.05, 0.1) is 5.60 Å². The molecule has 1 fully saturated rings. The normalized spacial score (nSPS) is 27.8. The molecule has 0 saturated carbocycles. The quantitative estimate of drug-likeness (QED) is 0.555. The van der Waals surface area contributed by atoms with Crippen LogP contribution in [0.25, 0.3) is 0 Å². The number of pyridine rings is 1. The molecule has 2 heterocycles. The number of aromatic nitrogens is 1. The zero-order valence-corrected chi connectivity index (χ0v) is 20.4. The molecule has 1 saturated heterocycles. The number of primary amides is 1. The predicted molar refractivity (Wildman–Crippen MR) is 133 cm³/mol. The fraction of sp³-hybridized carbons (Fsp3) is 0.464. The number of rotatable bonds is 6. The van der Waals surface area contributed by atoms with Crippen molar-refractivity contribution in [2.75, 3.05) is 13.1 Å². The molecule has 1 amide bonds. The molecular weight excluding hydrogens is 442 g/mol. The average Bonchev–Trinajstić information content (AvgIpc) is 2.80. The standard InChI is InChI=1S/C28H33N3O4/c1-17-12-24-28(35)15-20-14-21(25(29)33)26(34)30-23(20)16-27(28,22(17)13-18(2)32)9-11-31(24)10-8-19-6-4-3-5-7-19/h3-7,14,24,35H,8-13,15-16H2,1-2H3,(H2,29,33)(H,30,34). The lowest BCUT2D eigenvalue weighted by Crippen LogP contribution is -2.72. The minimum absolute atomic E-state index is 0.0735. The van der Waals surface area contributed by atoms with Crippen molar-refractivity contribution in [3.63, 3.8) is 0 Å². The van der Waals surface area contributed by atoms with E-state index >= 15 is 0 Å². The second-order valence-corrected chi connectivity index (χ2v) is 10.6. The number of fused-ring (bicyclic) bond motifs is 1. The Labute approximate surface area is 205 Å². The third-order valence-corrected chi connectivity index (χ3v) is 8.61. The molecule has 7 heteroatoms. The molecule has 7 nitrogen and oxygen atoms in total. The van der Waals surface area contributed by atoms with E-state index in [4.69, 9.17) is 5.73 Å². The van der Waals surface area contributed by atoms with Crippen molar-refractivity contribution in [3.8, 4) is 0 Å². The Bertz CT molecular complexity index is 1280. The number of aliphatic hydroxyl groups is 1. The third-order valence-electron chi connectivity index (χ3n) is 8.61. The van der Waals surface area contributed by atoms with Crippen LogP contribution in [-0.2, 0) is 24.1 Å². The van der Waals surface area contributed by atoms with E-state index in [9.17, 15) is 19.5 Å². The number of nitrogens with one attached hydrogen (secondary N) is 1. The third kappa shape index (κ3) is 3.78. The number of benzene rings is 1. The van der Waals surface area contributed by atoms with Gasteiger partial charge >= 0.3 is 0 Å². The van der Waals surface area contributed by atoms with Gasteiger partial charge in [0.15, 0.2) is 0 Å². The number of hydrogen-bond donors (Lipinski definition) is 3. The molecule has 2 aliphatic carbocycles. The number of piperidine rings is 1. The monoisotopic (exact) mass is 475 g/mol. The zero-order valence-electron chi connectivity index (χ0n) is 20.4. The van der Waals surface area contributed by atoms with Crippen molar-refractivity contribution in [1.29, 1.82) is 0 Å². The molecule has 3 aliphatic rings. The minimum atomic E-state index is -1.12. The summed E-state index contributed by atoms with van der Waals surface area (Å²) in [5.74, 6) is -0.702. The van der Waals surface area contributed by atoms with Gasteiger partial charge in [-0.15, -0.1) is 0 Å². The fourth-order valence-corrected chi connectivity index (χ4v) is 6.95. The highest BCUT2D eigenvalue weighted by Gasteiger charge is 2.64. The van der Waals surface area contributed by atoms with Gasteiger partial charge in [0.2, 0.25) is 0 Å². The molecule has 0 radical (unpaired) electrons. The largest absolute Gasteiger partial charge is 0.387 e. The summed E-state index contributed by atoms with van der Waals surface area (Å²) in [6.45, 7) is 5.32. The fourth-order valence-electron chi connectivity index (χ4n) is 6.95. The number of carbonyl (C=O) groups is 2. The van der Waals surface area contributed by atoms with Crippen LogP contribution < -0.4 is 11.3 Å². The second-order valence-electron chi connectivity index (χ2n) is 10.6. The van der Waals surface area contributed by atoms with Gasteiger partial charge in [0.1, 0.15) is 11.3 Å². The van der Waals surface area contributed by atoms with Crippen molar-refractivity contribution >= 4 is 11.7 Å². The molecule has 2 aromatic rings. The number of likely N-dealkylation sites (tertiary alicyclic amines) is 1. The summed E-state index contributed by atoms with van der Waals surface area (Å²) >= 11 is 0. The minimum Gasteiger partial charge on any atom is -0.387 e. The number of hydrogen-bond acceptors (Lipinski definition) is 5. The first kappa shape index (κ1) is 23.7. The van der Waals surface area contributed by atoms with Gasteiger partial charge in [0, 0.05) is 43.0 Å². The Morgan fingerprint density at radius 2 is 1.97 bits per heavy atom. The molecule has 3 unspecified atom stereocenters. The smallest absolute Gasteiger partial charge is 0.261 e. The van der Waals surface area contributed by atoms with Gasteiger partial charge in [-0.1, -0.05) is 41.5 Å². The molecule has 2 bridgehead atoms. The maximum absolute atomic E-state index is 12.6. The number of nitrogens with zero attached hydrogens (tertiary/aromatic N) is 1. The van der Waals surface area contributed by atoms with Crippen molar-refractivity contribution in [3.05, 3.63) is 80.3 Å². The number of Topliss-reactive ketones (excluding diaryl/α,β-unsaturated/α-hetero) is 1. The van der Waals surface area contributed by atoms with E-state index in [1.54, 1.807) is 13.0 Å². The van der Waals surface area contributed by atoms with Crippen LogP contribution in [0.5, 0.6) is 0 Å². The number of aromatic amines is 1. The zero-order chi connectivity index (χ0) is 25.0. The van der Waals surface area contributed by atoms with Gasteiger partial charge in [0.25, 0.3) is 11.5 Å². The molecule has 35 heavy (non-hydrogen) atoms. The predicted octanol–water partition coefficient (Wildman–Crippen LogP) is 2.31. The van der Waals surface area contributed by atoms with Gasteiger partial charge in [-0.05, 0) is 56.8 Å². The Morgan fingerprint density at radius 1 is 1.23 bits per heavy atom. The first-order valence-electron chi connectivity index (χ1n) is 12.4. The van der Waals surface area contributed by atoms with Gasteiger partial charge in [-0.2, -0.15) is 0 Å². The summed E-state index contributed by atoms with van der Waals surface area (Å²) in [6.07, 6.45) is 3.34. The highest BCUT2D eigenvalue weighted by molar-refractivity contribution is 5.92. The lowest BCUT2D eigenvalue weighted by atomic mass is 9.48. The summed E-state index contributed by atoms with van der Waals surface area (Å²) in [7, 11) is 0. The van der Waals surface area contributed by atoms with Crippen LogP contribution in [0.3, 0.4) is 0 Å². The molecule has 5 rings (SSSR count). The topological polar surface area (TPSA) is 116 Å². The first-order chi connectivity index (χ1) is 16.6. The Kier molecular flexibility index (Phi) is 5.80. The van der Waals surface area contributed by atoms with E-state index in [0.717, 1.165) is 36.3 Å². The summed E-state index contributed by atoms with van der Waals surface area (Å²) in [5.41, 5.74) is 8.05. The summed E-state index contributed by atoms with van der Waals surface area (Å²) in [4.78, 5) is 42.0. The van der Waals surface area contributed by atoms with Crippen LogP contribution in [-0.4, -0.2) is 51.4 Å². The molecule has 1 aliphatic heterocycles. The van der Waals surface area contributed by atoms with Gasteiger partial charge in [-0.25, -0.2) is 0 Å². The second kappa shape index (κ2) is 8.57. The van der Waals surface area contributed by atoms with Crippen molar-refractivity contribution < 1.29 is 14.7 Å². The number of ketones is 1. The molecule has 3 atom stereocenters. The van der Waals surface area contributed by atoms with E-state index in [1.807, 2.05) is 18.2 Å². The number of H-pyrrole nitrogens is 1. The van der Waals surface area contributed by atoms with Gasteiger partial charge in [-0.3, -0.25) is 19.3 Å². The number of carbonyl (C=O) groups excluding carboxylic acids is 2. The van der Waals surface area contributed by atoms with Crippen LogP contribution in [0.1, 0.15) is 60.3 Å².